The quantitative estimate of drug-likeness (QED) is 0.0579. The zero-order valence-corrected chi connectivity index (χ0v) is 38.9. The second-order valence-electron chi connectivity index (χ2n) is 11.5. The summed E-state index contributed by atoms with van der Waals surface area (Å²) < 4.78 is 24.9. The number of aryl methyl sites for hydroxylation is 5. The number of carbonyl (C=O) groups excluding carboxylic acids is 1. The molecule has 13 nitrogen and oxygen atoms in total. The number of fused-ring (bicyclic) bond motifs is 2. The number of hydrogen-bond acceptors (Lipinski definition) is 9. The molecule has 18 heteroatoms. The summed E-state index contributed by atoms with van der Waals surface area (Å²) in [6.45, 7) is 10.7. The number of halogens is 3. The number of aromatic amines is 3. The number of aromatic nitrogens is 8. The smallest absolute Gasteiger partial charge is 1.00 e. The van der Waals surface area contributed by atoms with Crippen LogP contribution in [0.25, 0.3) is 22.1 Å². The molecule has 274 valence electrons. The molecule has 53 heavy (non-hydrogen) atoms. The van der Waals surface area contributed by atoms with E-state index in [1.807, 2.05) is 38.1 Å². The number of hydrogen-bond donors (Lipinski definition) is 3. The molecule has 0 amide bonds. The third-order valence-corrected chi connectivity index (χ3v) is 8.00. The van der Waals surface area contributed by atoms with Gasteiger partial charge in [0.05, 0.1) is 24.6 Å². The molecule has 2 unspecified atom stereocenters. The summed E-state index contributed by atoms with van der Waals surface area (Å²) in [5.41, 5.74) is 7.65. The fraction of sp³-hybridized carbons (Fsp3) is 0.343. The van der Waals surface area contributed by atoms with E-state index in [1.54, 1.807) is 13.8 Å². The van der Waals surface area contributed by atoms with Gasteiger partial charge in [-0.3, -0.25) is 28.6 Å². The molecule has 0 radical (unpaired) electrons. The molecule has 3 N–H and O–H groups in total. The fourth-order valence-electron chi connectivity index (χ4n) is 5.14. The Morgan fingerprint density at radius 2 is 1.30 bits per heavy atom. The summed E-state index contributed by atoms with van der Waals surface area (Å²) >= 11 is 2.87. The first-order valence-electron chi connectivity index (χ1n) is 15.9. The second-order valence-corrected chi connectivity index (χ2v) is 12.3. The van der Waals surface area contributed by atoms with E-state index < -0.39 is 6.67 Å². The number of rotatable bonds is 8. The van der Waals surface area contributed by atoms with E-state index in [9.17, 15) is 18.4 Å². The van der Waals surface area contributed by atoms with Crippen molar-refractivity contribution in [2.75, 3.05) is 18.7 Å². The van der Waals surface area contributed by atoms with E-state index >= 15 is 0 Å². The number of benzene rings is 2. The third kappa shape index (κ3) is 13.7. The first-order valence-corrected chi connectivity index (χ1v) is 17.0. The van der Waals surface area contributed by atoms with Crippen LogP contribution in [0.2, 0.25) is 0 Å². The maximum absolute atomic E-state index is 12.8. The number of alkyl halides is 3. The van der Waals surface area contributed by atoms with Gasteiger partial charge in [0.15, 0.2) is 11.0 Å². The normalized spacial score (nSPS) is 11.3. The molecular weight excluding hydrogens is 809 g/mol. The minimum absolute atomic E-state index is 0. The largest absolute Gasteiger partial charge is 1.00 e. The Labute approximate surface area is 399 Å². The molecule has 0 saturated carbocycles. The predicted molar refractivity (Wildman–Crippen MR) is 194 cm³/mol. The maximum atomic E-state index is 12.8. The van der Waals surface area contributed by atoms with Gasteiger partial charge < -0.3 is 21.5 Å². The van der Waals surface area contributed by atoms with Crippen molar-refractivity contribution in [1.29, 1.82) is 0 Å². The van der Waals surface area contributed by atoms with Crippen molar-refractivity contribution in [3.05, 3.63) is 115 Å². The van der Waals surface area contributed by atoms with Crippen molar-refractivity contribution in [2.45, 2.75) is 59.9 Å². The molecule has 0 aliphatic heterocycles. The first-order chi connectivity index (χ1) is 24.4. The standard InChI is InChI=1S/C17H19FN4O.C15H16N4O.C2H4BrF.CH2O3.2K.H/c1-10-4-6-13(7-5-10)11(2)14-15-16(22(21-14)9-8-18)17(23)20-12(3)19-15;1-8-4-6-11(7-5-8)9(2)12-13-14(19-18-12)15(20)17-10(3)16-13;3-1-2-4;2-1-4-3;;;/h4-7,11H,8-9H2,1-3H3,(H,19,20,23);4-7,9H,1-3H3,(H,18,19)(H,16,17,20);1-2H2;1,3H;;;/q;;;;2*+1;-1/p-1. The molecule has 6 aromatic rings. The average Bonchev–Trinajstić information content (AvgIpc) is 3.71. The Morgan fingerprint density at radius 1 is 0.830 bits per heavy atom. The maximum Gasteiger partial charge on any atom is 1.00 e. The summed E-state index contributed by atoms with van der Waals surface area (Å²) in [4.78, 5) is 49.5. The van der Waals surface area contributed by atoms with Gasteiger partial charge in [-0.1, -0.05) is 89.4 Å². The zero-order chi connectivity index (χ0) is 37.7. The summed E-state index contributed by atoms with van der Waals surface area (Å²) in [5, 5.41) is 20.4. The molecule has 0 saturated heterocycles. The van der Waals surface area contributed by atoms with E-state index in [0.717, 1.165) is 11.3 Å². The first kappa shape index (κ1) is 49.2. The van der Waals surface area contributed by atoms with Crippen molar-refractivity contribution in [2.24, 2.45) is 0 Å². The van der Waals surface area contributed by atoms with Crippen LogP contribution in [0.3, 0.4) is 0 Å². The Morgan fingerprint density at radius 3 is 1.77 bits per heavy atom. The summed E-state index contributed by atoms with van der Waals surface area (Å²) in [5.74, 6) is 1.20. The van der Waals surface area contributed by atoms with Gasteiger partial charge in [-0.05, 0) is 38.8 Å². The van der Waals surface area contributed by atoms with Crippen molar-refractivity contribution in [3.63, 3.8) is 0 Å². The van der Waals surface area contributed by atoms with Crippen molar-refractivity contribution < 1.29 is 128 Å². The second kappa shape index (κ2) is 24.6. The minimum Gasteiger partial charge on any atom is -1.00 e. The van der Waals surface area contributed by atoms with Crippen LogP contribution in [0.5, 0.6) is 0 Å². The molecule has 4 aromatic heterocycles. The van der Waals surface area contributed by atoms with Crippen LogP contribution in [0.1, 0.15) is 72.4 Å². The number of carbonyl (C=O) groups is 1. The Balaban J connectivity index is 0.000000834. The Bertz CT molecular complexity index is 2150. The van der Waals surface area contributed by atoms with Gasteiger partial charge >= 0.3 is 103 Å². The van der Waals surface area contributed by atoms with Crippen LogP contribution in [-0.2, 0) is 16.2 Å². The molecule has 0 spiro atoms. The molecule has 4 heterocycles. The van der Waals surface area contributed by atoms with Crippen LogP contribution in [0, 0.1) is 27.7 Å². The van der Waals surface area contributed by atoms with E-state index in [1.165, 1.54) is 21.4 Å². The summed E-state index contributed by atoms with van der Waals surface area (Å²) in [6.07, 6.45) is 0. The van der Waals surface area contributed by atoms with Gasteiger partial charge in [0.2, 0.25) is 0 Å². The van der Waals surface area contributed by atoms with Gasteiger partial charge in [0, 0.05) is 17.2 Å². The zero-order valence-electron chi connectivity index (χ0n) is 32.1. The van der Waals surface area contributed by atoms with E-state index in [0.29, 0.717) is 44.7 Å². The van der Waals surface area contributed by atoms with Gasteiger partial charge in [0.25, 0.3) is 17.6 Å². The van der Waals surface area contributed by atoms with E-state index in [2.05, 4.69) is 94.2 Å². The van der Waals surface area contributed by atoms with Crippen LogP contribution < -0.4 is 119 Å². The van der Waals surface area contributed by atoms with Crippen LogP contribution in [0.4, 0.5) is 8.78 Å². The van der Waals surface area contributed by atoms with Crippen molar-refractivity contribution in [1.82, 2.24) is 39.9 Å². The molecular formula is C35H41BrF2K2N8O5. The number of nitrogens with one attached hydrogen (secondary N) is 3. The van der Waals surface area contributed by atoms with E-state index in [4.69, 9.17) is 10.1 Å². The topological polar surface area (TPSA) is 187 Å². The molecule has 0 aliphatic carbocycles. The minimum atomic E-state index is -0.581. The number of H-pyrrole nitrogens is 3. The Kier molecular flexibility index (Phi) is 22.9. The number of nitrogens with zero attached hydrogens (tertiary/aromatic N) is 5. The summed E-state index contributed by atoms with van der Waals surface area (Å²) in [6, 6.07) is 16.5. The van der Waals surface area contributed by atoms with Crippen LogP contribution in [-0.4, -0.2) is 65.1 Å². The van der Waals surface area contributed by atoms with Gasteiger partial charge in [-0.2, -0.15) is 10.2 Å². The molecule has 0 bridgehead atoms. The molecule has 6 rings (SSSR count). The monoisotopic (exact) mass is 848 g/mol. The summed E-state index contributed by atoms with van der Waals surface area (Å²) in [7, 11) is 0. The van der Waals surface area contributed by atoms with Gasteiger partial charge in [-0.15, -0.1) is 0 Å². The predicted octanol–water partition coefficient (Wildman–Crippen LogP) is -0.821. The van der Waals surface area contributed by atoms with Crippen LogP contribution >= 0.6 is 15.9 Å². The van der Waals surface area contributed by atoms with Crippen LogP contribution in [0.15, 0.2) is 58.1 Å². The van der Waals surface area contributed by atoms with Gasteiger partial charge in [-0.25, -0.2) is 14.4 Å². The SMILES string of the molecule is Cc1ccc(C(C)c2[nH]nc3c(=O)[nH]c(C)nc23)cc1.Cc1ccc(C(C)c2nn(CCF)c3c(=O)[nH]c(C)nc23)cc1.FCCBr.O=CO[O-].[H-].[K+].[K+]. The van der Waals surface area contributed by atoms with E-state index in [-0.39, 0.29) is 147 Å². The average molecular weight is 850 g/mol. The fourth-order valence-corrected chi connectivity index (χ4v) is 5.14. The van der Waals surface area contributed by atoms with Crippen molar-refractivity contribution in [3.8, 4) is 0 Å². The molecule has 2 atom stereocenters. The van der Waals surface area contributed by atoms with Crippen molar-refractivity contribution >= 4 is 44.5 Å². The third-order valence-electron chi connectivity index (χ3n) is 7.70. The van der Waals surface area contributed by atoms with Gasteiger partial charge in [0.1, 0.15) is 29.4 Å². The Hall–Kier alpha value is -1.82. The molecule has 0 fully saturated rings. The molecule has 2 aromatic carbocycles. The molecule has 0 aliphatic rings.